The third kappa shape index (κ3) is 2.11. The lowest BCUT2D eigenvalue weighted by Crippen LogP contribution is -2.37. The summed E-state index contributed by atoms with van der Waals surface area (Å²) in [4.78, 5) is 25.0. The second-order valence-electron chi connectivity index (χ2n) is 5.46. The number of nitrogens with one attached hydrogen (secondary N) is 1. The highest BCUT2D eigenvalue weighted by molar-refractivity contribution is 5.93. The van der Waals surface area contributed by atoms with Crippen molar-refractivity contribution in [1.29, 1.82) is 0 Å². The Kier molecular flexibility index (Phi) is 2.80. The van der Waals surface area contributed by atoms with E-state index < -0.39 is 11.9 Å². The molecule has 19 heavy (non-hydrogen) atoms. The quantitative estimate of drug-likeness (QED) is 0.858. The lowest BCUT2D eigenvalue weighted by molar-refractivity contribution is -0.142. The van der Waals surface area contributed by atoms with Gasteiger partial charge < -0.3 is 10.0 Å². The molecule has 1 aromatic heterocycles. The summed E-state index contributed by atoms with van der Waals surface area (Å²) < 4.78 is 0. The number of carbonyl (C=O) groups is 2. The first-order chi connectivity index (χ1) is 9.08. The Labute approximate surface area is 110 Å². The summed E-state index contributed by atoms with van der Waals surface area (Å²) in [6, 6.07) is 1.53. The molecule has 6 heteroatoms. The maximum Gasteiger partial charge on any atom is 0.308 e. The Bertz CT molecular complexity index is 521. The molecule has 0 spiro atoms. The van der Waals surface area contributed by atoms with E-state index >= 15 is 0 Å². The molecular formula is C13H17N3O3. The minimum Gasteiger partial charge on any atom is -0.481 e. The fourth-order valence-electron chi connectivity index (χ4n) is 2.75. The van der Waals surface area contributed by atoms with Gasteiger partial charge in [0.25, 0.3) is 5.91 Å². The van der Waals surface area contributed by atoms with Gasteiger partial charge in [-0.2, -0.15) is 5.10 Å². The van der Waals surface area contributed by atoms with Crippen LogP contribution in [-0.4, -0.2) is 44.7 Å². The molecule has 0 aromatic carbocycles. The van der Waals surface area contributed by atoms with E-state index in [1.54, 1.807) is 17.9 Å². The number of carboxylic acids is 1. The lowest BCUT2D eigenvalue weighted by atomic mass is 10.0. The van der Waals surface area contributed by atoms with Gasteiger partial charge in [-0.05, 0) is 32.3 Å². The number of hydrogen-bond donors (Lipinski definition) is 2. The molecule has 2 unspecified atom stereocenters. The highest BCUT2D eigenvalue weighted by Gasteiger charge is 2.39. The monoisotopic (exact) mass is 263 g/mol. The van der Waals surface area contributed by atoms with Crippen LogP contribution in [0.2, 0.25) is 0 Å². The van der Waals surface area contributed by atoms with E-state index in [1.165, 1.54) is 0 Å². The van der Waals surface area contributed by atoms with Crippen molar-refractivity contribution in [3.8, 4) is 0 Å². The van der Waals surface area contributed by atoms with Crippen LogP contribution in [0, 0.1) is 5.92 Å². The minimum absolute atomic E-state index is 0.167. The Morgan fingerprint density at radius 3 is 2.74 bits per heavy atom. The van der Waals surface area contributed by atoms with Gasteiger partial charge in [-0.1, -0.05) is 0 Å². The summed E-state index contributed by atoms with van der Waals surface area (Å²) in [6.45, 7) is 2.28. The summed E-state index contributed by atoms with van der Waals surface area (Å²) in [5.74, 6) is -0.939. The number of aromatic amines is 1. The molecule has 2 aliphatic rings. The average molecular weight is 263 g/mol. The second kappa shape index (κ2) is 4.36. The molecule has 2 heterocycles. The van der Waals surface area contributed by atoms with Gasteiger partial charge >= 0.3 is 5.97 Å². The van der Waals surface area contributed by atoms with Crippen LogP contribution in [0.1, 0.15) is 48.3 Å². The highest BCUT2D eigenvalue weighted by atomic mass is 16.4. The van der Waals surface area contributed by atoms with Crippen LogP contribution in [0.5, 0.6) is 0 Å². The first-order valence-corrected chi connectivity index (χ1v) is 6.67. The minimum atomic E-state index is -0.830. The number of rotatable bonds is 3. The van der Waals surface area contributed by atoms with E-state index in [1.807, 2.05) is 0 Å². The van der Waals surface area contributed by atoms with Crippen LogP contribution in [0.25, 0.3) is 0 Å². The molecule has 6 nitrogen and oxygen atoms in total. The molecule has 0 bridgehead atoms. The van der Waals surface area contributed by atoms with Crippen molar-refractivity contribution in [3.63, 3.8) is 0 Å². The number of aliphatic carboxylic acids is 1. The summed E-state index contributed by atoms with van der Waals surface area (Å²) >= 11 is 0. The van der Waals surface area contributed by atoms with Crippen molar-refractivity contribution in [2.24, 2.45) is 5.92 Å². The molecular weight excluding hydrogens is 246 g/mol. The van der Waals surface area contributed by atoms with Crippen molar-refractivity contribution in [2.75, 3.05) is 6.54 Å². The van der Waals surface area contributed by atoms with Gasteiger partial charge in [0.05, 0.1) is 5.92 Å². The number of H-pyrrole nitrogens is 1. The number of carboxylic acid groups (broad SMARTS) is 1. The maximum absolute atomic E-state index is 12.3. The van der Waals surface area contributed by atoms with Crippen LogP contribution < -0.4 is 0 Å². The van der Waals surface area contributed by atoms with Crippen LogP contribution in [0.15, 0.2) is 6.07 Å². The van der Waals surface area contributed by atoms with E-state index in [0.29, 0.717) is 24.6 Å². The normalized spacial score (nSPS) is 26.7. The predicted octanol–water partition coefficient (Wildman–Crippen LogP) is 1.22. The number of hydrogen-bond acceptors (Lipinski definition) is 3. The number of likely N-dealkylation sites (tertiary alicyclic amines) is 1. The van der Waals surface area contributed by atoms with Crippen molar-refractivity contribution < 1.29 is 14.7 Å². The zero-order valence-corrected chi connectivity index (χ0v) is 10.8. The molecule has 1 aliphatic carbocycles. The molecule has 2 N–H and O–H groups in total. The van der Waals surface area contributed by atoms with Crippen LogP contribution >= 0.6 is 0 Å². The Hall–Kier alpha value is -1.85. The number of nitrogens with zero attached hydrogens (tertiary/aromatic N) is 2. The van der Waals surface area contributed by atoms with Gasteiger partial charge in [0, 0.05) is 24.2 Å². The number of aromatic nitrogens is 2. The van der Waals surface area contributed by atoms with Crippen molar-refractivity contribution in [3.05, 3.63) is 17.5 Å². The number of carbonyl (C=O) groups excluding carboxylic acids is 1. The molecule has 0 radical (unpaired) electrons. The molecule has 2 fully saturated rings. The average Bonchev–Trinajstić information content (AvgIpc) is 2.97. The van der Waals surface area contributed by atoms with Crippen molar-refractivity contribution in [1.82, 2.24) is 15.1 Å². The molecule has 2 atom stereocenters. The summed E-state index contributed by atoms with van der Waals surface area (Å²) in [5.41, 5.74) is 1.42. The third-order valence-electron chi connectivity index (χ3n) is 4.17. The van der Waals surface area contributed by atoms with E-state index in [9.17, 15) is 9.59 Å². The van der Waals surface area contributed by atoms with E-state index in [0.717, 1.165) is 18.5 Å². The van der Waals surface area contributed by atoms with E-state index in [4.69, 9.17) is 5.11 Å². The largest absolute Gasteiger partial charge is 0.481 e. The molecule has 1 saturated heterocycles. The molecule has 1 aromatic rings. The summed E-state index contributed by atoms with van der Waals surface area (Å²) in [6.07, 6.45) is 2.82. The predicted molar refractivity (Wildman–Crippen MR) is 66.8 cm³/mol. The summed E-state index contributed by atoms with van der Waals surface area (Å²) in [5, 5.41) is 16.0. The molecule has 3 rings (SSSR count). The zero-order chi connectivity index (χ0) is 13.6. The smallest absolute Gasteiger partial charge is 0.308 e. The Morgan fingerprint density at radius 2 is 2.16 bits per heavy atom. The Morgan fingerprint density at radius 1 is 1.42 bits per heavy atom. The lowest BCUT2D eigenvalue weighted by Gasteiger charge is -2.22. The van der Waals surface area contributed by atoms with Crippen molar-refractivity contribution >= 4 is 11.9 Å². The SMILES string of the molecule is CC1C(C(=O)O)CCN1C(=O)c1cc(C2CC2)[nH]n1. The fourth-order valence-corrected chi connectivity index (χ4v) is 2.75. The van der Waals surface area contributed by atoms with Crippen LogP contribution in [0.3, 0.4) is 0 Å². The fraction of sp³-hybridized carbons (Fsp3) is 0.615. The van der Waals surface area contributed by atoms with Gasteiger partial charge in [0.1, 0.15) is 5.69 Å². The van der Waals surface area contributed by atoms with Crippen molar-refractivity contribution in [2.45, 2.75) is 38.1 Å². The molecule has 1 amide bonds. The molecule has 102 valence electrons. The Balaban J connectivity index is 1.74. The topological polar surface area (TPSA) is 86.3 Å². The number of amides is 1. The van der Waals surface area contributed by atoms with Gasteiger partial charge in [-0.3, -0.25) is 14.7 Å². The standard InChI is InChI=1S/C13H17N3O3/c1-7-9(13(18)19)4-5-16(7)12(17)11-6-10(14-15-11)8-2-3-8/h6-9H,2-5H2,1H3,(H,14,15)(H,18,19). The van der Waals surface area contributed by atoms with Crippen LogP contribution in [-0.2, 0) is 4.79 Å². The van der Waals surface area contributed by atoms with Gasteiger partial charge in [0.2, 0.25) is 0 Å². The zero-order valence-electron chi connectivity index (χ0n) is 10.8. The molecule has 1 aliphatic heterocycles. The molecule has 1 saturated carbocycles. The third-order valence-corrected chi connectivity index (χ3v) is 4.17. The summed E-state index contributed by atoms with van der Waals surface area (Å²) in [7, 11) is 0. The van der Waals surface area contributed by atoms with E-state index in [-0.39, 0.29) is 11.9 Å². The van der Waals surface area contributed by atoms with E-state index in [2.05, 4.69) is 10.2 Å². The van der Waals surface area contributed by atoms with Gasteiger partial charge in [-0.25, -0.2) is 0 Å². The van der Waals surface area contributed by atoms with Crippen LogP contribution in [0.4, 0.5) is 0 Å². The highest BCUT2D eigenvalue weighted by Crippen LogP contribution is 2.39. The second-order valence-corrected chi connectivity index (χ2v) is 5.46. The maximum atomic E-state index is 12.3. The van der Waals surface area contributed by atoms with Gasteiger partial charge in [-0.15, -0.1) is 0 Å². The first kappa shape index (κ1) is 12.2. The van der Waals surface area contributed by atoms with Gasteiger partial charge in [0.15, 0.2) is 0 Å². The first-order valence-electron chi connectivity index (χ1n) is 6.67.